The van der Waals surface area contributed by atoms with Crippen LogP contribution >= 0.6 is 0 Å². The van der Waals surface area contributed by atoms with E-state index < -0.39 is 0 Å². The normalized spacial score (nSPS) is 13.2. The summed E-state index contributed by atoms with van der Waals surface area (Å²) >= 11 is 0. The second kappa shape index (κ2) is 8.93. The van der Waals surface area contributed by atoms with Gasteiger partial charge in [0.1, 0.15) is 0 Å². The molecular formula is C8H20N2O2. The summed E-state index contributed by atoms with van der Waals surface area (Å²) in [5, 5.41) is 12.4. The maximum Gasteiger partial charge on any atom is 0.0785 e. The summed E-state index contributed by atoms with van der Waals surface area (Å²) in [4.78, 5) is 0. The van der Waals surface area contributed by atoms with Gasteiger partial charge in [-0.05, 0) is 32.5 Å². The summed E-state index contributed by atoms with van der Waals surface area (Å²) < 4.78 is 4.78. The number of hydrogen-bond acceptors (Lipinski definition) is 4. The van der Waals surface area contributed by atoms with E-state index in [0.29, 0.717) is 13.2 Å². The van der Waals surface area contributed by atoms with Gasteiger partial charge < -0.3 is 20.9 Å². The average molecular weight is 176 g/mol. The molecule has 0 radical (unpaired) electrons. The van der Waals surface area contributed by atoms with E-state index in [2.05, 4.69) is 5.32 Å². The molecule has 4 N–H and O–H groups in total. The van der Waals surface area contributed by atoms with E-state index in [1.54, 1.807) is 7.11 Å². The van der Waals surface area contributed by atoms with Gasteiger partial charge in [-0.2, -0.15) is 0 Å². The minimum atomic E-state index is -0.347. The molecule has 0 amide bonds. The molecular weight excluding hydrogens is 156 g/mol. The van der Waals surface area contributed by atoms with E-state index >= 15 is 0 Å². The van der Waals surface area contributed by atoms with Crippen molar-refractivity contribution >= 4 is 0 Å². The van der Waals surface area contributed by atoms with E-state index in [1.807, 2.05) is 0 Å². The summed E-state index contributed by atoms with van der Waals surface area (Å²) in [6.45, 7) is 2.88. The van der Waals surface area contributed by atoms with Crippen molar-refractivity contribution in [1.29, 1.82) is 0 Å². The van der Waals surface area contributed by atoms with Gasteiger partial charge in [-0.15, -0.1) is 0 Å². The number of hydrogen-bond donors (Lipinski definition) is 3. The molecule has 0 aromatic carbocycles. The second-order valence-electron chi connectivity index (χ2n) is 2.79. The molecule has 0 spiro atoms. The molecule has 0 saturated carbocycles. The van der Waals surface area contributed by atoms with Gasteiger partial charge in [0.25, 0.3) is 0 Å². The van der Waals surface area contributed by atoms with Crippen molar-refractivity contribution < 1.29 is 9.84 Å². The maximum absolute atomic E-state index is 9.22. The third-order valence-corrected chi connectivity index (χ3v) is 1.57. The predicted octanol–water partition coefficient (Wildman–Crippen LogP) is -0.678. The number of ether oxygens (including phenoxy) is 1. The SMILES string of the molecule is COCC(O)CCNCCCN. The molecule has 0 heterocycles. The van der Waals surface area contributed by atoms with Crippen LogP contribution in [0.2, 0.25) is 0 Å². The highest BCUT2D eigenvalue weighted by atomic mass is 16.5. The van der Waals surface area contributed by atoms with Crippen molar-refractivity contribution in [2.45, 2.75) is 18.9 Å². The maximum atomic E-state index is 9.22. The number of rotatable bonds is 8. The van der Waals surface area contributed by atoms with E-state index in [9.17, 15) is 5.11 Å². The average Bonchev–Trinajstić information content (AvgIpc) is 2.05. The molecule has 1 unspecified atom stereocenters. The molecule has 0 aromatic rings. The van der Waals surface area contributed by atoms with Crippen molar-refractivity contribution in [1.82, 2.24) is 5.32 Å². The summed E-state index contributed by atoms with van der Waals surface area (Å²) in [6, 6.07) is 0. The van der Waals surface area contributed by atoms with Crippen molar-refractivity contribution in [3.05, 3.63) is 0 Å². The highest BCUT2D eigenvalue weighted by Crippen LogP contribution is 1.89. The molecule has 4 nitrogen and oxygen atoms in total. The lowest BCUT2D eigenvalue weighted by Gasteiger charge is -2.09. The molecule has 0 saturated heterocycles. The van der Waals surface area contributed by atoms with Crippen LogP contribution < -0.4 is 11.1 Å². The molecule has 0 bridgehead atoms. The van der Waals surface area contributed by atoms with E-state index in [4.69, 9.17) is 10.5 Å². The van der Waals surface area contributed by atoms with Crippen LogP contribution in [0.25, 0.3) is 0 Å². The number of methoxy groups -OCH3 is 1. The molecule has 0 aliphatic heterocycles. The van der Waals surface area contributed by atoms with Gasteiger partial charge >= 0.3 is 0 Å². The molecule has 0 aromatic heterocycles. The Balaban J connectivity index is 2.97. The first-order valence-electron chi connectivity index (χ1n) is 4.39. The first-order chi connectivity index (χ1) is 5.81. The Hall–Kier alpha value is -0.160. The van der Waals surface area contributed by atoms with Gasteiger partial charge in [-0.3, -0.25) is 0 Å². The summed E-state index contributed by atoms with van der Waals surface area (Å²) in [5.41, 5.74) is 5.31. The molecule has 0 aliphatic carbocycles. The molecule has 4 heteroatoms. The van der Waals surface area contributed by atoms with Crippen LogP contribution in [-0.4, -0.2) is 44.6 Å². The Kier molecular flexibility index (Phi) is 8.81. The molecule has 1 atom stereocenters. The number of aliphatic hydroxyl groups excluding tert-OH is 1. The van der Waals surface area contributed by atoms with Gasteiger partial charge in [-0.1, -0.05) is 0 Å². The minimum absolute atomic E-state index is 0.347. The summed E-state index contributed by atoms with van der Waals surface area (Å²) in [6.07, 6.45) is 1.37. The van der Waals surface area contributed by atoms with Crippen LogP contribution in [0.1, 0.15) is 12.8 Å². The molecule has 0 rings (SSSR count). The van der Waals surface area contributed by atoms with E-state index in [1.165, 1.54) is 0 Å². The Morgan fingerprint density at radius 3 is 2.83 bits per heavy atom. The van der Waals surface area contributed by atoms with Crippen molar-refractivity contribution in [3.63, 3.8) is 0 Å². The third-order valence-electron chi connectivity index (χ3n) is 1.57. The number of nitrogens with two attached hydrogens (primary N) is 1. The molecule has 0 fully saturated rings. The van der Waals surface area contributed by atoms with Crippen molar-refractivity contribution in [2.75, 3.05) is 33.4 Å². The highest BCUT2D eigenvalue weighted by Gasteiger charge is 2.01. The fraction of sp³-hybridized carbons (Fsp3) is 1.00. The quantitative estimate of drug-likeness (QED) is 0.429. The number of nitrogens with one attached hydrogen (secondary N) is 1. The van der Waals surface area contributed by atoms with Gasteiger partial charge in [0.05, 0.1) is 12.7 Å². The summed E-state index contributed by atoms with van der Waals surface area (Å²) in [5.74, 6) is 0. The zero-order chi connectivity index (χ0) is 9.23. The van der Waals surface area contributed by atoms with Crippen molar-refractivity contribution in [3.8, 4) is 0 Å². The van der Waals surface area contributed by atoms with Crippen LogP contribution in [-0.2, 0) is 4.74 Å². The van der Waals surface area contributed by atoms with Gasteiger partial charge in [0.2, 0.25) is 0 Å². The standard InChI is InChI=1S/C8H20N2O2/c1-12-7-8(11)3-6-10-5-2-4-9/h8,10-11H,2-7,9H2,1H3. The zero-order valence-corrected chi connectivity index (χ0v) is 7.75. The Labute approximate surface area is 74.1 Å². The first-order valence-corrected chi connectivity index (χ1v) is 4.39. The van der Waals surface area contributed by atoms with Gasteiger partial charge in [-0.25, -0.2) is 0 Å². The first kappa shape index (κ1) is 11.8. The Morgan fingerprint density at radius 1 is 1.50 bits per heavy atom. The topological polar surface area (TPSA) is 67.5 Å². The lowest BCUT2D eigenvalue weighted by Crippen LogP contribution is -2.25. The van der Waals surface area contributed by atoms with Gasteiger partial charge in [0, 0.05) is 7.11 Å². The lowest BCUT2D eigenvalue weighted by atomic mass is 10.2. The van der Waals surface area contributed by atoms with Crippen molar-refractivity contribution in [2.24, 2.45) is 5.73 Å². The summed E-state index contributed by atoms with van der Waals surface area (Å²) in [7, 11) is 1.59. The lowest BCUT2D eigenvalue weighted by molar-refractivity contribution is 0.0595. The third kappa shape index (κ3) is 7.94. The van der Waals surface area contributed by atoms with Crippen LogP contribution in [0.5, 0.6) is 0 Å². The van der Waals surface area contributed by atoms with Crippen LogP contribution in [0.15, 0.2) is 0 Å². The fourth-order valence-corrected chi connectivity index (χ4v) is 0.896. The molecule has 74 valence electrons. The van der Waals surface area contributed by atoms with E-state index in [-0.39, 0.29) is 6.10 Å². The Bertz CT molecular complexity index is 91.1. The van der Waals surface area contributed by atoms with Gasteiger partial charge in [0.15, 0.2) is 0 Å². The minimum Gasteiger partial charge on any atom is -0.391 e. The molecule has 0 aliphatic rings. The highest BCUT2D eigenvalue weighted by molar-refractivity contribution is 4.56. The van der Waals surface area contributed by atoms with Crippen LogP contribution in [0.4, 0.5) is 0 Å². The van der Waals surface area contributed by atoms with Crippen LogP contribution in [0, 0.1) is 0 Å². The Morgan fingerprint density at radius 2 is 2.25 bits per heavy atom. The van der Waals surface area contributed by atoms with Crippen LogP contribution in [0.3, 0.4) is 0 Å². The predicted molar refractivity (Wildman–Crippen MR) is 49.0 cm³/mol. The second-order valence-corrected chi connectivity index (χ2v) is 2.79. The smallest absolute Gasteiger partial charge is 0.0785 e. The zero-order valence-electron chi connectivity index (χ0n) is 7.75. The number of aliphatic hydroxyl groups is 1. The molecule has 12 heavy (non-hydrogen) atoms. The fourth-order valence-electron chi connectivity index (χ4n) is 0.896. The van der Waals surface area contributed by atoms with E-state index in [0.717, 1.165) is 25.9 Å². The monoisotopic (exact) mass is 176 g/mol. The largest absolute Gasteiger partial charge is 0.391 e.